The molecule has 0 fully saturated rings. The summed E-state index contributed by atoms with van der Waals surface area (Å²) in [6.45, 7) is 1.98. The molecule has 1 aromatic heterocycles. The van der Waals surface area contributed by atoms with Gasteiger partial charge in [-0.1, -0.05) is 22.0 Å². The number of rotatable bonds is 4. The molecule has 0 spiro atoms. The summed E-state index contributed by atoms with van der Waals surface area (Å²) >= 11 is 3.55. The second-order valence-corrected chi connectivity index (χ2v) is 5.54. The average Bonchev–Trinajstić information content (AvgIpc) is 2.89. The van der Waals surface area contributed by atoms with E-state index >= 15 is 0 Å². The maximum atomic E-state index is 11.5. The van der Waals surface area contributed by atoms with E-state index < -0.39 is 0 Å². The maximum Gasteiger partial charge on any atom is 0.271 e. The highest BCUT2D eigenvalue weighted by Gasteiger charge is 2.09. The van der Waals surface area contributed by atoms with E-state index in [1.807, 2.05) is 25.1 Å². The fourth-order valence-electron chi connectivity index (χ4n) is 1.91. The molecule has 3 N–H and O–H groups in total. The monoisotopic (exact) mass is 336 g/mol. The van der Waals surface area contributed by atoms with Gasteiger partial charge in [-0.05, 0) is 37.1 Å². The third kappa shape index (κ3) is 3.26. The van der Waals surface area contributed by atoms with Gasteiger partial charge in [0, 0.05) is 23.8 Å². The van der Waals surface area contributed by atoms with Crippen molar-refractivity contribution in [3.8, 4) is 5.69 Å². The molecule has 20 heavy (non-hydrogen) atoms. The molecule has 0 aliphatic heterocycles. The van der Waals surface area contributed by atoms with Gasteiger partial charge < -0.3 is 11.1 Å². The molecular weight excluding hydrogens is 320 g/mol. The van der Waals surface area contributed by atoms with Gasteiger partial charge in [-0.3, -0.25) is 4.79 Å². The van der Waals surface area contributed by atoms with Crippen LogP contribution in [0.25, 0.3) is 5.69 Å². The first-order valence-electron chi connectivity index (χ1n) is 6.33. The molecule has 1 heterocycles. The van der Waals surface area contributed by atoms with Crippen molar-refractivity contribution in [2.24, 2.45) is 5.73 Å². The van der Waals surface area contributed by atoms with E-state index in [2.05, 4.69) is 26.3 Å². The molecule has 1 amide bonds. The first-order chi connectivity index (χ1) is 9.51. The molecule has 0 aliphatic carbocycles. The molecule has 6 heteroatoms. The molecule has 0 aliphatic rings. The van der Waals surface area contributed by atoms with Crippen LogP contribution in [-0.2, 0) is 6.42 Å². The van der Waals surface area contributed by atoms with Crippen LogP contribution in [0.15, 0.2) is 34.9 Å². The Bertz CT molecular complexity index is 621. The molecule has 1 unspecified atom stereocenters. The van der Waals surface area contributed by atoms with E-state index in [1.165, 1.54) is 0 Å². The Labute approximate surface area is 126 Å². The van der Waals surface area contributed by atoms with Crippen molar-refractivity contribution in [2.45, 2.75) is 19.4 Å². The SMILES string of the molecule is CNC(=O)c1ccn(-c2ccc(CC(C)N)c(Br)c2)n1. The molecule has 2 rings (SSSR count). The lowest BCUT2D eigenvalue weighted by atomic mass is 10.1. The van der Waals surface area contributed by atoms with Gasteiger partial charge in [0.2, 0.25) is 0 Å². The summed E-state index contributed by atoms with van der Waals surface area (Å²) in [5.41, 5.74) is 8.25. The van der Waals surface area contributed by atoms with Crippen molar-refractivity contribution in [1.29, 1.82) is 0 Å². The van der Waals surface area contributed by atoms with Crippen LogP contribution < -0.4 is 11.1 Å². The van der Waals surface area contributed by atoms with E-state index in [-0.39, 0.29) is 11.9 Å². The Morgan fingerprint density at radius 2 is 2.25 bits per heavy atom. The predicted molar refractivity (Wildman–Crippen MR) is 82.0 cm³/mol. The fraction of sp³-hybridized carbons (Fsp3) is 0.286. The van der Waals surface area contributed by atoms with E-state index in [9.17, 15) is 4.79 Å². The molecule has 1 atom stereocenters. The summed E-state index contributed by atoms with van der Waals surface area (Å²) in [5, 5.41) is 6.79. The van der Waals surface area contributed by atoms with Crippen LogP contribution in [0.2, 0.25) is 0 Å². The molecule has 1 aromatic carbocycles. The second-order valence-electron chi connectivity index (χ2n) is 4.68. The Balaban J connectivity index is 2.27. The topological polar surface area (TPSA) is 72.9 Å². The lowest BCUT2D eigenvalue weighted by Crippen LogP contribution is -2.18. The zero-order chi connectivity index (χ0) is 14.7. The minimum absolute atomic E-state index is 0.113. The number of aromatic nitrogens is 2. The largest absolute Gasteiger partial charge is 0.354 e. The third-order valence-electron chi connectivity index (χ3n) is 2.89. The Morgan fingerprint density at radius 3 is 2.85 bits per heavy atom. The first kappa shape index (κ1) is 14.7. The zero-order valence-corrected chi connectivity index (χ0v) is 13.0. The number of halogens is 1. The van der Waals surface area contributed by atoms with E-state index in [0.29, 0.717) is 5.69 Å². The molecule has 0 radical (unpaired) electrons. The maximum absolute atomic E-state index is 11.5. The van der Waals surface area contributed by atoms with Crippen molar-refractivity contribution >= 4 is 21.8 Å². The van der Waals surface area contributed by atoms with Gasteiger partial charge in [-0.2, -0.15) is 5.10 Å². The number of hydrogen-bond donors (Lipinski definition) is 2. The molecule has 0 bridgehead atoms. The quantitative estimate of drug-likeness (QED) is 0.895. The van der Waals surface area contributed by atoms with E-state index in [4.69, 9.17) is 5.73 Å². The fourth-order valence-corrected chi connectivity index (χ4v) is 2.44. The summed E-state index contributed by atoms with van der Waals surface area (Å²) in [4.78, 5) is 11.5. The zero-order valence-electron chi connectivity index (χ0n) is 11.4. The number of benzene rings is 1. The Kier molecular flexibility index (Phi) is 4.57. The summed E-state index contributed by atoms with van der Waals surface area (Å²) in [6.07, 6.45) is 2.57. The molecule has 0 saturated heterocycles. The summed E-state index contributed by atoms with van der Waals surface area (Å²) in [7, 11) is 1.58. The van der Waals surface area contributed by atoms with Crippen molar-refractivity contribution in [3.63, 3.8) is 0 Å². The van der Waals surface area contributed by atoms with Gasteiger partial charge in [0.1, 0.15) is 0 Å². The summed E-state index contributed by atoms with van der Waals surface area (Å²) < 4.78 is 2.66. The third-order valence-corrected chi connectivity index (χ3v) is 3.63. The van der Waals surface area contributed by atoms with E-state index in [0.717, 1.165) is 22.1 Å². The highest BCUT2D eigenvalue weighted by molar-refractivity contribution is 9.10. The van der Waals surface area contributed by atoms with Gasteiger partial charge in [0.05, 0.1) is 5.69 Å². The van der Waals surface area contributed by atoms with Crippen molar-refractivity contribution in [1.82, 2.24) is 15.1 Å². The molecule has 2 aromatic rings. The molecular formula is C14H17BrN4O. The summed E-state index contributed by atoms with van der Waals surface area (Å²) in [6, 6.07) is 7.75. The number of nitrogens with zero attached hydrogens (tertiary/aromatic N) is 2. The predicted octanol–water partition coefficient (Wildman–Crippen LogP) is 1.88. The lowest BCUT2D eigenvalue weighted by Gasteiger charge is -2.09. The van der Waals surface area contributed by atoms with Gasteiger partial charge in [0.15, 0.2) is 5.69 Å². The number of amides is 1. The van der Waals surface area contributed by atoms with Crippen molar-refractivity contribution in [3.05, 3.63) is 46.2 Å². The van der Waals surface area contributed by atoms with E-state index in [1.54, 1.807) is 24.0 Å². The van der Waals surface area contributed by atoms with Gasteiger partial charge in [0.25, 0.3) is 5.91 Å². The molecule has 5 nitrogen and oxygen atoms in total. The Hall–Kier alpha value is -1.66. The van der Waals surface area contributed by atoms with Gasteiger partial charge >= 0.3 is 0 Å². The molecule has 106 valence electrons. The number of carbonyl (C=O) groups excluding carboxylic acids is 1. The van der Waals surface area contributed by atoms with Crippen LogP contribution in [0.4, 0.5) is 0 Å². The smallest absolute Gasteiger partial charge is 0.271 e. The van der Waals surface area contributed by atoms with Crippen LogP contribution in [0.1, 0.15) is 23.0 Å². The Morgan fingerprint density at radius 1 is 1.50 bits per heavy atom. The van der Waals surface area contributed by atoms with Crippen molar-refractivity contribution < 1.29 is 4.79 Å². The molecule has 0 saturated carbocycles. The number of carbonyl (C=O) groups is 1. The minimum Gasteiger partial charge on any atom is -0.354 e. The highest BCUT2D eigenvalue weighted by atomic mass is 79.9. The summed E-state index contributed by atoms with van der Waals surface area (Å²) in [5.74, 6) is -0.198. The van der Waals surface area contributed by atoms with Crippen LogP contribution >= 0.6 is 15.9 Å². The normalized spacial score (nSPS) is 12.2. The first-order valence-corrected chi connectivity index (χ1v) is 7.12. The standard InChI is InChI=1S/C14H17BrN4O/c1-9(16)7-10-3-4-11(8-12(10)15)19-6-5-13(18-19)14(20)17-2/h3-6,8-9H,7,16H2,1-2H3,(H,17,20). The van der Waals surface area contributed by atoms with Crippen LogP contribution in [-0.4, -0.2) is 28.8 Å². The van der Waals surface area contributed by atoms with Gasteiger partial charge in [-0.15, -0.1) is 0 Å². The number of nitrogens with one attached hydrogen (secondary N) is 1. The van der Waals surface area contributed by atoms with Crippen molar-refractivity contribution in [2.75, 3.05) is 7.05 Å². The highest BCUT2D eigenvalue weighted by Crippen LogP contribution is 2.22. The number of hydrogen-bond acceptors (Lipinski definition) is 3. The van der Waals surface area contributed by atoms with Gasteiger partial charge in [-0.25, -0.2) is 4.68 Å². The van der Waals surface area contributed by atoms with Crippen LogP contribution in [0, 0.1) is 0 Å². The lowest BCUT2D eigenvalue weighted by molar-refractivity contribution is 0.0957. The second kappa shape index (κ2) is 6.19. The minimum atomic E-state index is -0.198. The van der Waals surface area contributed by atoms with Crippen LogP contribution in [0.5, 0.6) is 0 Å². The number of nitrogens with two attached hydrogens (primary N) is 1. The average molecular weight is 337 g/mol. The van der Waals surface area contributed by atoms with Crippen LogP contribution in [0.3, 0.4) is 0 Å².